The third-order valence-corrected chi connectivity index (χ3v) is 0.890. The highest BCUT2D eigenvalue weighted by Crippen LogP contribution is 1.83. The number of hydrogen-bond donors (Lipinski definition) is 1. The summed E-state index contributed by atoms with van der Waals surface area (Å²) in [4.78, 5) is 20.6. The zero-order valence-electron chi connectivity index (χ0n) is 4.18. The first-order valence-electron chi connectivity index (χ1n) is 2.28. The number of Topliss-reactive ketones (excluding diaryl/α,β-unsaturated/α-hetero) is 1. The van der Waals surface area contributed by atoms with E-state index in [4.69, 9.17) is 0 Å². The molecule has 0 saturated carbocycles. The fourth-order valence-corrected chi connectivity index (χ4v) is 0.466. The van der Waals surface area contributed by atoms with E-state index in [1.54, 1.807) is 0 Å². The van der Waals surface area contributed by atoms with E-state index >= 15 is 0 Å². The summed E-state index contributed by atoms with van der Waals surface area (Å²) < 4.78 is 0. The smallest absolute Gasteiger partial charge is 0.224 e. The van der Waals surface area contributed by atoms with Crippen molar-refractivity contribution in [2.75, 3.05) is 6.54 Å². The van der Waals surface area contributed by atoms with Gasteiger partial charge in [-0.1, -0.05) is 0 Å². The number of carbonyl (C=O) groups is 2. The van der Waals surface area contributed by atoms with Crippen molar-refractivity contribution in [3.63, 3.8) is 0 Å². The van der Waals surface area contributed by atoms with Gasteiger partial charge in [-0.05, 0) is 0 Å². The van der Waals surface area contributed by atoms with Gasteiger partial charge in [0, 0.05) is 12.3 Å². The van der Waals surface area contributed by atoms with Gasteiger partial charge in [0.05, 0.1) is 6.54 Å². The van der Waals surface area contributed by atoms with E-state index < -0.39 is 5.78 Å². The van der Waals surface area contributed by atoms with Gasteiger partial charge >= 0.3 is 0 Å². The van der Waals surface area contributed by atoms with Gasteiger partial charge in [0.15, 0.2) is 0 Å². The standard InChI is InChI=1S/C5H5NO2/c7-4-1-2-6-3-5(4)8/h1-2,6H,3H2. The molecule has 0 spiro atoms. The maximum absolute atomic E-state index is 10.3. The van der Waals surface area contributed by atoms with Gasteiger partial charge in [-0.15, -0.1) is 0 Å². The Kier molecular flexibility index (Phi) is 1.12. The summed E-state index contributed by atoms with van der Waals surface area (Å²) in [5.74, 6) is -0.781. The fraction of sp³-hybridized carbons (Fsp3) is 0.200. The van der Waals surface area contributed by atoms with Crippen LogP contribution in [0.3, 0.4) is 0 Å². The monoisotopic (exact) mass is 111 g/mol. The average Bonchev–Trinajstić information content (AvgIpc) is 1.77. The lowest BCUT2D eigenvalue weighted by Gasteiger charge is -2.00. The van der Waals surface area contributed by atoms with Crippen LogP contribution in [0.1, 0.15) is 0 Å². The molecule has 0 unspecified atom stereocenters. The third-order valence-electron chi connectivity index (χ3n) is 0.890. The number of carbonyl (C=O) groups excluding carboxylic acids is 2. The van der Waals surface area contributed by atoms with Gasteiger partial charge in [-0.2, -0.15) is 0 Å². The maximum Gasteiger partial charge on any atom is 0.224 e. The molecule has 1 heterocycles. The predicted octanol–water partition coefficient (Wildman–Crippen LogP) is -0.759. The number of nitrogens with one attached hydrogen (secondary N) is 1. The van der Waals surface area contributed by atoms with Crippen molar-refractivity contribution in [1.82, 2.24) is 5.32 Å². The summed E-state index contributed by atoms with van der Waals surface area (Å²) in [6, 6.07) is 0. The third kappa shape index (κ3) is 0.753. The fourth-order valence-electron chi connectivity index (χ4n) is 0.466. The zero-order valence-corrected chi connectivity index (χ0v) is 4.18. The Hall–Kier alpha value is -1.12. The molecule has 0 aromatic carbocycles. The van der Waals surface area contributed by atoms with Crippen LogP contribution in [0.25, 0.3) is 0 Å². The van der Waals surface area contributed by atoms with Crippen LogP contribution < -0.4 is 5.32 Å². The van der Waals surface area contributed by atoms with E-state index in [1.807, 2.05) is 0 Å². The first kappa shape index (κ1) is 5.03. The van der Waals surface area contributed by atoms with Crippen molar-refractivity contribution in [3.8, 4) is 0 Å². The summed E-state index contributed by atoms with van der Waals surface area (Å²) in [6.45, 7) is 0.148. The van der Waals surface area contributed by atoms with Crippen LogP contribution in [0.4, 0.5) is 0 Å². The zero-order chi connectivity index (χ0) is 5.98. The number of rotatable bonds is 0. The van der Waals surface area contributed by atoms with E-state index in [9.17, 15) is 9.59 Å². The Balaban J connectivity index is 2.75. The van der Waals surface area contributed by atoms with Gasteiger partial charge in [0.1, 0.15) is 0 Å². The van der Waals surface area contributed by atoms with E-state index in [1.165, 1.54) is 12.3 Å². The quantitative estimate of drug-likeness (QED) is 0.418. The Morgan fingerprint density at radius 2 is 2.25 bits per heavy atom. The number of allylic oxidation sites excluding steroid dienone is 1. The summed E-state index contributed by atoms with van der Waals surface area (Å²) in [6.07, 6.45) is 2.70. The highest BCUT2D eigenvalue weighted by atomic mass is 16.2. The van der Waals surface area contributed by atoms with Crippen molar-refractivity contribution >= 4 is 11.6 Å². The molecule has 0 radical (unpaired) electrons. The molecular formula is C5H5NO2. The summed E-state index contributed by atoms with van der Waals surface area (Å²) in [7, 11) is 0. The van der Waals surface area contributed by atoms with Gasteiger partial charge < -0.3 is 5.32 Å². The molecule has 0 aliphatic carbocycles. The van der Waals surface area contributed by atoms with E-state index in [-0.39, 0.29) is 12.3 Å². The molecule has 0 amide bonds. The second-order valence-corrected chi connectivity index (χ2v) is 1.50. The Morgan fingerprint density at radius 1 is 1.50 bits per heavy atom. The van der Waals surface area contributed by atoms with Crippen LogP contribution in [0.15, 0.2) is 12.3 Å². The van der Waals surface area contributed by atoms with Crippen LogP contribution in [0, 0.1) is 0 Å². The lowest BCUT2D eigenvalue weighted by molar-refractivity contribution is -0.133. The van der Waals surface area contributed by atoms with Crippen molar-refractivity contribution in [1.29, 1.82) is 0 Å². The van der Waals surface area contributed by atoms with Gasteiger partial charge in [-0.25, -0.2) is 0 Å². The van der Waals surface area contributed by atoms with Crippen molar-refractivity contribution in [3.05, 3.63) is 12.3 Å². The second-order valence-electron chi connectivity index (χ2n) is 1.50. The van der Waals surface area contributed by atoms with Crippen LogP contribution in [0.2, 0.25) is 0 Å². The molecule has 1 rings (SSSR count). The van der Waals surface area contributed by atoms with E-state index in [0.29, 0.717) is 0 Å². The van der Waals surface area contributed by atoms with Crippen molar-refractivity contribution < 1.29 is 9.59 Å². The van der Waals surface area contributed by atoms with Crippen LogP contribution >= 0.6 is 0 Å². The first-order valence-corrected chi connectivity index (χ1v) is 2.28. The summed E-state index contributed by atoms with van der Waals surface area (Å²) in [5.41, 5.74) is 0. The normalized spacial score (nSPS) is 18.5. The molecule has 1 aliphatic heterocycles. The van der Waals surface area contributed by atoms with Crippen LogP contribution in [-0.2, 0) is 9.59 Å². The first-order chi connectivity index (χ1) is 3.80. The van der Waals surface area contributed by atoms with Crippen molar-refractivity contribution in [2.45, 2.75) is 0 Å². The Morgan fingerprint density at radius 3 is 2.62 bits per heavy atom. The van der Waals surface area contributed by atoms with Gasteiger partial charge in [0.25, 0.3) is 0 Å². The molecule has 0 bridgehead atoms. The van der Waals surface area contributed by atoms with E-state index in [0.717, 1.165) is 0 Å². The minimum absolute atomic E-state index is 0.148. The predicted molar refractivity (Wildman–Crippen MR) is 27.2 cm³/mol. The maximum atomic E-state index is 10.3. The minimum Gasteiger partial charge on any atom is -0.383 e. The van der Waals surface area contributed by atoms with Gasteiger partial charge in [0.2, 0.25) is 11.6 Å². The Labute approximate surface area is 46.4 Å². The molecule has 0 saturated heterocycles. The SMILES string of the molecule is O=C1C=CNCC1=O. The molecule has 1 aliphatic rings. The molecule has 0 aromatic heterocycles. The number of ketones is 2. The average molecular weight is 111 g/mol. The molecule has 3 nitrogen and oxygen atoms in total. The molecule has 1 N–H and O–H groups in total. The lowest BCUT2D eigenvalue weighted by atomic mass is 10.2. The molecule has 3 heteroatoms. The van der Waals surface area contributed by atoms with Crippen molar-refractivity contribution in [2.24, 2.45) is 0 Å². The van der Waals surface area contributed by atoms with Gasteiger partial charge in [-0.3, -0.25) is 9.59 Å². The minimum atomic E-state index is -0.413. The molecule has 42 valence electrons. The molecular weight excluding hydrogens is 106 g/mol. The van der Waals surface area contributed by atoms with Crippen LogP contribution in [-0.4, -0.2) is 18.1 Å². The molecule has 0 atom stereocenters. The molecule has 8 heavy (non-hydrogen) atoms. The summed E-state index contributed by atoms with van der Waals surface area (Å²) >= 11 is 0. The highest BCUT2D eigenvalue weighted by Gasteiger charge is 2.11. The Bertz CT molecular complexity index is 160. The summed E-state index contributed by atoms with van der Waals surface area (Å²) in [5, 5.41) is 2.61. The largest absolute Gasteiger partial charge is 0.383 e. The molecule has 0 aromatic rings. The highest BCUT2D eigenvalue weighted by molar-refractivity contribution is 6.42. The lowest BCUT2D eigenvalue weighted by Crippen LogP contribution is -2.28. The van der Waals surface area contributed by atoms with E-state index in [2.05, 4.69) is 5.32 Å². The molecule has 0 fully saturated rings. The number of hydrogen-bond acceptors (Lipinski definition) is 3. The topological polar surface area (TPSA) is 46.2 Å². The second kappa shape index (κ2) is 1.78. The van der Waals surface area contributed by atoms with Crippen LogP contribution in [0.5, 0.6) is 0 Å².